The first kappa shape index (κ1) is 22.4. The summed E-state index contributed by atoms with van der Waals surface area (Å²) < 4.78 is 58.9. The lowest BCUT2D eigenvalue weighted by Gasteiger charge is -2.11. The summed E-state index contributed by atoms with van der Waals surface area (Å²) in [5, 5.41) is 4.13. The molecular formula is C20H18F4N4O3. The highest BCUT2D eigenvalue weighted by atomic mass is 19.4. The Kier molecular flexibility index (Phi) is 6.66. The molecule has 0 spiro atoms. The van der Waals surface area contributed by atoms with E-state index in [-0.39, 0.29) is 42.3 Å². The fraction of sp³-hybridized carbons (Fsp3) is 0.250. The van der Waals surface area contributed by atoms with E-state index in [4.69, 9.17) is 10.6 Å². The third-order valence-electron chi connectivity index (χ3n) is 4.30. The molecule has 0 radical (unpaired) electrons. The summed E-state index contributed by atoms with van der Waals surface area (Å²) in [4.78, 5) is 21.0. The Bertz CT molecular complexity index is 1080. The summed E-state index contributed by atoms with van der Waals surface area (Å²) >= 11 is 0. The second kappa shape index (κ2) is 9.23. The minimum absolute atomic E-state index is 0.0189. The van der Waals surface area contributed by atoms with Crippen LogP contribution in [0.15, 0.2) is 42.7 Å². The highest BCUT2D eigenvalue weighted by Gasteiger charge is 2.31. The van der Waals surface area contributed by atoms with Crippen LogP contribution in [0, 0.1) is 5.82 Å². The van der Waals surface area contributed by atoms with E-state index >= 15 is 0 Å². The molecule has 0 saturated heterocycles. The number of hydrogen-bond donors (Lipinski definition) is 1. The van der Waals surface area contributed by atoms with Gasteiger partial charge in [0.25, 0.3) is 0 Å². The SMILES string of the molecule is CCOC(=O)c1cnn(-c2cc(Cc3cc(F)cc(C(F)(F)F)c3)ccn2)c1CON. The lowest BCUT2D eigenvalue weighted by Crippen LogP contribution is -2.13. The van der Waals surface area contributed by atoms with Gasteiger partial charge in [-0.15, -0.1) is 0 Å². The van der Waals surface area contributed by atoms with Crippen molar-refractivity contribution < 1.29 is 31.9 Å². The van der Waals surface area contributed by atoms with Crippen LogP contribution in [0.1, 0.15) is 39.7 Å². The van der Waals surface area contributed by atoms with E-state index in [0.29, 0.717) is 11.6 Å². The van der Waals surface area contributed by atoms with Crippen LogP contribution < -0.4 is 5.90 Å². The summed E-state index contributed by atoms with van der Waals surface area (Å²) in [7, 11) is 0. The Morgan fingerprint density at radius 2 is 1.97 bits per heavy atom. The molecule has 11 heteroatoms. The fourth-order valence-corrected chi connectivity index (χ4v) is 3.01. The highest BCUT2D eigenvalue weighted by Crippen LogP contribution is 2.31. The number of aromatic nitrogens is 3. The number of nitrogens with two attached hydrogens (primary N) is 1. The third-order valence-corrected chi connectivity index (χ3v) is 4.30. The van der Waals surface area contributed by atoms with Crippen molar-refractivity contribution >= 4 is 5.97 Å². The molecule has 7 nitrogen and oxygen atoms in total. The first-order valence-electron chi connectivity index (χ1n) is 9.10. The third kappa shape index (κ3) is 5.25. The molecule has 2 N–H and O–H groups in total. The molecular weight excluding hydrogens is 420 g/mol. The van der Waals surface area contributed by atoms with Gasteiger partial charge >= 0.3 is 12.1 Å². The largest absolute Gasteiger partial charge is 0.462 e. The normalized spacial score (nSPS) is 11.5. The van der Waals surface area contributed by atoms with Gasteiger partial charge in [-0.2, -0.15) is 18.3 Å². The Balaban J connectivity index is 1.95. The van der Waals surface area contributed by atoms with Crippen LogP contribution in [-0.4, -0.2) is 27.3 Å². The van der Waals surface area contributed by atoms with E-state index in [1.165, 1.54) is 17.1 Å². The zero-order valence-electron chi connectivity index (χ0n) is 16.3. The van der Waals surface area contributed by atoms with Gasteiger partial charge in [0, 0.05) is 6.20 Å². The summed E-state index contributed by atoms with van der Waals surface area (Å²) in [6.45, 7) is 1.65. The van der Waals surface area contributed by atoms with Crippen LogP contribution in [0.4, 0.5) is 17.6 Å². The van der Waals surface area contributed by atoms with E-state index in [9.17, 15) is 22.4 Å². The number of carbonyl (C=O) groups is 1. The Morgan fingerprint density at radius 1 is 1.19 bits per heavy atom. The molecule has 3 aromatic rings. The van der Waals surface area contributed by atoms with Gasteiger partial charge in [-0.1, -0.05) is 0 Å². The minimum Gasteiger partial charge on any atom is -0.462 e. The Labute approximate surface area is 174 Å². The smallest absolute Gasteiger partial charge is 0.416 e. The maximum atomic E-state index is 13.7. The van der Waals surface area contributed by atoms with Crippen LogP contribution in [0.3, 0.4) is 0 Å². The van der Waals surface area contributed by atoms with Crippen LogP contribution in [0.5, 0.6) is 0 Å². The Hall–Kier alpha value is -3.31. The Morgan fingerprint density at radius 3 is 2.65 bits per heavy atom. The number of hydrogen-bond acceptors (Lipinski definition) is 6. The quantitative estimate of drug-likeness (QED) is 0.344. The maximum absolute atomic E-state index is 13.7. The van der Waals surface area contributed by atoms with Gasteiger partial charge in [0.1, 0.15) is 18.0 Å². The van der Waals surface area contributed by atoms with E-state index in [2.05, 4.69) is 14.9 Å². The summed E-state index contributed by atoms with van der Waals surface area (Å²) in [6.07, 6.45) is -1.93. The molecule has 164 valence electrons. The second-order valence-electron chi connectivity index (χ2n) is 6.49. The first-order valence-corrected chi connectivity index (χ1v) is 9.10. The average molecular weight is 438 g/mol. The minimum atomic E-state index is -4.66. The molecule has 0 aliphatic rings. The van der Waals surface area contributed by atoms with Gasteiger partial charge in [0.15, 0.2) is 5.82 Å². The number of ether oxygens (including phenoxy) is 1. The molecule has 0 aliphatic carbocycles. The van der Waals surface area contributed by atoms with Crippen LogP contribution in [0.25, 0.3) is 5.82 Å². The maximum Gasteiger partial charge on any atom is 0.416 e. The molecule has 0 aliphatic heterocycles. The average Bonchev–Trinajstić information content (AvgIpc) is 3.11. The molecule has 1 aromatic carbocycles. The predicted molar refractivity (Wildman–Crippen MR) is 100 cm³/mol. The van der Waals surface area contributed by atoms with Gasteiger partial charge in [0.05, 0.1) is 24.1 Å². The molecule has 0 unspecified atom stereocenters. The van der Waals surface area contributed by atoms with Crippen molar-refractivity contribution in [1.29, 1.82) is 0 Å². The molecule has 0 saturated carbocycles. The topological polar surface area (TPSA) is 92.3 Å². The van der Waals surface area contributed by atoms with Crippen LogP contribution >= 0.6 is 0 Å². The first-order chi connectivity index (χ1) is 14.7. The molecule has 0 bridgehead atoms. The van der Waals surface area contributed by atoms with Crippen molar-refractivity contribution in [2.45, 2.75) is 26.1 Å². The summed E-state index contributed by atoms with van der Waals surface area (Å²) in [5.41, 5.74) is 0.0553. The lowest BCUT2D eigenvalue weighted by atomic mass is 10.0. The van der Waals surface area contributed by atoms with Crippen molar-refractivity contribution in [2.75, 3.05) is 6.61 Å². The zero-order chi connectivity index (χ0) is 22.6. The fourth-order valence-electron chi connectivity index (χ4n) is 3.01. The molecule has 0 amide bonds. The number of alkyl halides is 3. The van der Waals surface area contributed by atoms with E-state index in [1.54, 1.807) is 19.1 Å². The zero-order valence-corrected chi connectivity index (χ0v) is 16.3. The van der Waals surface area contributed by atoms with Gasteiger partial charge in [-0.3, -0.25) is 4.84 Å². The molecule has 2 heterocycles. The van der Waals surface area contributed by atoms with Crippen molar-refractivity contribution in [2.24, 2.45) is 5.90 Å². The predicted octanol–water partition coefficient (Wildman–Crippen LogP) is 3.58. The number of rotatable bonds is 7. The molecule has 0 fully saturated rings. The number of benzene rings is 1. The standard InChI is InChI=1S/C20H18F4N4O3/c1-2-30-19(29)16-10-27-28(17(16)11-31-25)18-8-12(3-4-26-18)5-13-6-14(20(22,23)24)9-15(21)7-13/h3-4,6-10H,2,5,11,25H2,1H3. The number of esters is 1. The van der Waals surface area contributed by atoms with Crippen molar-refractivity contribution in [3.63, 3.8) is 0 Å². The van der Waals surface area contributed by atoms with Gasteiger partial charge in [0.2, 0.25) is 0 Å². The molecule has 2 aromatic heterocycles. The lowest BCUT2D eigenvalue weighted by molar-refractivity contribution is -0.137. The van der Waals surface area contributed by atoms with E-state index in [1.807, 2.05) is 0 Å². The van der Waals surface area contributed by atoms with Crippen molar-refractivity contribution in [3.8, 4) is 5.82 Å². The van der Waals surface area contributed by atoms with E-state index < -0.39 is 23.5 Å². The van der Waals surface area contributed by atoms with Crippen LogP contribution in [0.2, 0.25) is 0 Å². The number of carbonyl (C=O) groups excluding carboxylic acids is 1. The van der Waals surface area contributed by atoms with Gasteiger partial charge in [-0.05, 0) is 54.8 Å². The summed E-state index contributed by atoms with van der Waals surface area (Å²) in [5.74, 6) is 3.84. The summed E-state index contributed by atoms with van der Waals surface area (Å²) in [6, 6.07) is 5.51. The molecule has 31 heavy (non-hydrogen) atoms. The molecule has 3 rings (SSSR count). The van der Waals surface area contributed by atoms with Crippen molar-refractivity contribution in [1.82, 2.24) is 14.8 Å². The van der Waals surface area contributed by atoms with Crippen LogP contribution in [-0.2, 0) is 28.8 Å². The van der Waals surface area contributed by atoms with Gasteiger partial charge < -0.3 is 4.74 Å². The number of pyridine rings is 1. The highest BCUT2D eigenvalue weighted by molar-refractivity contribution is 5.90. The van der Waals surface area contributed by atoms with E-state index in [0.717, 1.165) is 12.1 Å². The number of halogens is 4. The number of nitrogens with zero attached hydrogens (tertiary/aromatic N) is 3. The van der Waals surface area contributed by atoms with Crippen molar-refractivity contribution in [3.05, 3.63) is 76.5 Å². The monoisotopic (exact) mass is 438 g/mol. The molecule has 0 atom stereocenters. The van der Waals surface area contributed by atoms with Gasteiger partial charge in [-0.25, -0.2) is 24.7 Å². The second-order valence-corrected chi connectivity index (χ2v) is 6.49.